The minimum Gasteiger partial charge on any atom is -0.347 e. The van der Waals surface area contributed by atoms with Crippen LogP contribution < -0.4 is 10.6 Å². The van der Waals surface area contributed by atoms with Crippen LogP contribution >= 0.6 is 27.3 Å². The largest absolute Gasteiger partial charge is 0.347 e. The number of unbranched alkanes of at least 4 members (excludes halogenated alkanes) is 1. The molecule has 0 fully saturated rings. The highest BCUT2D eigenvalue weighted by atomic mass is 79.9. The molecule has 7 heteroatoms. The summed E-state index contributed by atoms with van der Waals surface area (Å²) in [7, 11) is 0. The van der Waals surface area contributed by atoms with Crippen molar-refractivity contribution in [3.8, 4) is 0 Å². The first-order valence-corrected chi connectivity index (χ1v) is 10.8. The van der Waals surface area contributed by atoms with Gasteiger partial charge in [0.2, 0.25) is 11.8 Å². The molecule has 2 amide bonds. The highest BCUT2D eigenvalue weighted by Gasteiger charge is 2.08. The molecule has 0 unspecified atom stereocenters. The predicted molar refractivity (Wildman–Crippen MR) is 118 cm³/mol. The summed E-state index contributed by atoms with van der Waals surface area (Å²) in [6.45, 7) is 1.90. The molecule has 1 heterocycles. The number of anilines is 1. The second-order valence-electron chi connectivity index (χ2n) is 6.57. The fourth-order valence-electron chi connectivity index (χ4n) is 2.82. The first-order valence-electron chi connectivity index (χ1n) is 9.18. The molecule has 0 radical (unpaired) electrons. The lowest BCUT2D eigenvalue weighted by Gasteiger charge is -2.09. The van der Waals surface area contributed by atoms with Crippen molar-refractivity contribution in [2.75, 3.05) is 11.9 Å². The Bertz CT molecular complexity index is 954. The van der Waals surface area contributed by atoms with E-state index in [0.717, 1.165) is 45.5 Å². The second kappa shape index (κ2) is 9.80. The van der Waals surface area contributed by atoms with E-state index in [1.54, 1.807) is 11.3 Å². The van der Waals surface area contributed by atoms with Gasteiger partial charge in [-0.05, 0) is 62.1 Å². The molecule has 0 saturated heterocycles. The maximum Gasteiger partial charge on any atom is 0.243 e. The minimum absolute atomic E-state index is 0.0216. The van der Waals surface area contributed by atoms with Gasteiger partial charge < -0.3 is 10.6 Å². The number of carbonyl (C=O) groups is 2. The third kappa shape index (κ3) is 5.87. The number of benzene rings is 2. The van der Waals surface area contributed by atoms with E-state index in [2.05, 4.69) is 37.6 Å². The molecule has 1 aromatic heterocycles. The Hall–Kier alpha value is -2.25. The van der Waals surface area contributed by atoms with Crippen LogP contribution in [0.3, 0.4) is 0 Å². The number of nitrogens with one attached hydrogen (secondary N) is 2. The quantitative estimate of drug-likeness (QED) is 0.473. The number of carbonyl (C=O) groups excluding carboxylic acids is 2. The van der Waals surface area contributed by atoms with Crippen molar-refractivity contribution >= 4 is 55.0 Å². The SMILES string of the molecule is Cc1cc(Br)ccc1NC(=O)CNC(=O)CCCCc1nc2ccccc2s1. The molecule has 2 N–H and O–H groups in total. The number of nitrogens with zero attached hydrogens (tertiary/aromatic N) is 1. The number of halogens is 1. The van der Waals surface area contributed by atoms with Crippen molar-refractivity contribution < 1.29 is 9.59 Å². The van der Waals surface area contributed by atoms with E-state index in [4.69, 9.17) is 0 Å². The van der Waals surface area contributed by atoms with E-state index < -0.39 is 0 Å². The van der Waals surface area contributed by atoms with Crippen LogP contribution in [0.2, 0.25) is 0 Å². The number of aromatic nitrogens is 1. The number of amides is 2. The molecule has 0 aliphatic carbocycles. The highest BCUT2D eigenvalue weighted by molar-refractivity contribution is 9.10. The van der Waals surface area contributed by atoms with Gasteiger partial charge in [0.05, 0.1) is 21.8 Å². The first kappa shape index (κ1) is 20.5. The fraction of sp³-hybridized carbons (Fsp3) is 0.286. The molecular formula is C21H22BrN3O2S. The molecule has 146 valence electrons. The van der Waals surface area contributed by atoms with Crippen LogP contribution in [-0.4, -0.2) is 23.3 Å². The van der Waals surface area contributed by atoms with Gasteiger partial charge in [-0.15, -0.1) is 11.3 Å². The zero-order valence-electron chi connectivity index (χ0n) is 15.6. The zero-order valence-corrected chi connectivity index (χ0v) is 18.0. The van der Waals surface area contributed by atoms with Crippen molar-refractivity contribution in [3.05, 3.63) is 57.5 Å². The van der Waals surface area contributed by atoms with Gasteiger partial charge in [-0.2, -0.15) is 0 Å². The molecule has 0 bridgehead atoms. The summed E-state index contributed by atoms with van der Waals surface area (Å²) in [4.78, 5) is 28.6. The zero-order chi connectivity index (χ0) is 19.9. The molecule has 5 nitrogen and oxygen atoms in total. The molecule has 3 aromatic rings. The smallest absolute Gasteiger partial charge is 0.243 e. The van der Waals surface area contributed by atoms with Crippen LogP contribution in [0.25, 0.3) is 10.2 Å². The van der Waals surface area contributed by atoms with Crippen LogP contribution in [0.1, 0.15) is 29.8 Å². The Kier molecular flexibility index (Phi) is 7.17. The summed E-state index contributed by atoms with van der Waals surface area (Å²) in [5, 5.41) is 6.60. The molecule has 0 saturated carbocycles. The number of hydrogen-bond acceptors (Lipinski definition) is 4. The number of rotatable bonds is 8. The summed E-state index contributed by atoms with van der Waals surface area (Å²) in [5.41, 5.74) is 2.74. The number of aryl methyl sites for hydroxylation is 2. The lowest BCUT2D eigenvalue weighted by molar-refractivity contribution is -0.124. The summed E-state index contributed by atoms with van der Waals surface area (Å²) >= 11 is 5.10. The van der Waals surface area contributed by atoms with Gasteiger partial charge in [0.15, 0.2) is 0 Å². The minimum atomic E-state index is -0.228. The van der Waals surface area contributed by atoms with Gasteiger partial charge in [-0.3, -0.25) is 9.59 Å². The topological polar surface area (TPSA) is 71.1 Å². The van der Waals surface area contributed by atoms with Crippen LogP contribution in [0.4, 0.5) is 5.69 Å². The Morgan fingerprint density at radius 1 is 1.11 bits per heavy atom. The van der Waals surface area contributed by atoms with Crippen LogP contribution in [-0.2, 0) is 16.0 Å². The van der Waals surface area contributed by atoms with E-state index in [0.29, 0.717) is 6.42 Å². The average Bonchev–Trinajstić information content (AvgIpc) is 3.09. The van der Waals surface area contributed by atoms with Gasteiger partial charge in [0, 0.05) is 16.6 Å². The maximum absolute atomic E-state index is 12.0. The molecule has 0 atom stereocenters. The molecule has 3 rings (SSSR count). The lowest BCUT2D eigenvalue weighted by atomic mass is 10.2. The summed E-state index contributed by atoms with van der Waals surface area (Å²) in [6.07, 6.45) is 2.96. The Morgan fingerprint density at radius 2 is 1.93 bits per heavy atom. The number of hydrogen-bond donors (Lipinski definition) is 2. The Labute approximate surface area is 176 Å². The van der Waals surface area contributed by atoms with E-state index in [1.807, 2.05) is 43.3 Å². The fourth-order valence-corrected chi connectivity index (χ4v) is 4.30. The standard InChI is InChI=1S/C21H22BrN3O2S/c1-14-12-15(22)10-11-16(14)24-20(27)13-23-19(26)8-4-5-9-21-25-17-6-2-3-7-18(17)28-21/h2-3,6-7,10-12H,4-5,8-9,13H2,1H3,(H,23,26)(H,24,27). The van der Waals surface area contributed by atoms with Gasteiger partial charge in [-0.25, -0.2) is 4.98 Å². The summed E-state index contributed by atoms with van der Waals surface area (Å²) < 4.78 is 2.16. The van der Waals surface area contributed by atoms with Gasteiger partial charge >= 0.3 is 0 Å². The molecule has 2 aromatic carbocycles. The van der Waals surface area contributed by atoms with Crippen molar-refractivity contribution in [2.24, 2.45) is 0 Å². The van der Waals surface area contributed by atoms with Crippen LogP contribution in [0.5, 0.6) is 0 Å². The highest BCUT2D eigenvalue weighted by Crippen LogP contribution is 2.23. The van der Waals surface area contributed by atoms with Gasteiger partial charge in [-0.1, -0.05) is 28.1 Å². The Morgan fingerprint density at radius 3 is 2.71 bits per heavy atom. The average molecular weight is 460 g/mol. The van der Waals surface area contributed by atoms with Gasteiger partial charge in [0.1, 0.15) is 0 Å². The Balaban J connectivity index is 1.34. The maximum atomic E-state index is 12.0. The van der Waals surface area contributed by atoms with Crippen molar-refractivity contribution in [3.63, 3.8) is 0 Å². The molecule has 0 aliphatic rings. The number of fused-ring (bicyclic) bond motifs is 1. The molecule has 28 heavy (non-hydrogen) atoms. The molecule has 0 spiro atoms. The van der Waals surface area contributed by atoms with Crippen LogP contribution in [0, 0.1) is 6.92 Å². The number of thiazole rings is 1. The number of para-hydroxylation sites is 1. The van der Waals surface area contributed by atoms with E-state index in [-0.39, 0.29) is 18.4 Å². The van der Waals surface area contributed by atoms with Crippen molar-refractivity contribution in [1.82, 2.24) is 10.3 Å². The second-order valence-corrected chi connectivity index (χ2v) is 8.60. The summed E-state index contributed by atoms with van der Waals surface area (Å²) in [5.74, 6) is -0.333. The third-order valence-electron chi connectivity index (χ3n) is 4.29. The third-order valence-corrected chi connectivity index (χ3v) is 5.88. The summed E-state index contributed by atoms with van der Waals surface area (Å²) in [6, 6.07) is 13.7. The van der Waals surface area contributed by atoms with E-state index >= 15 is 0 Å². The van der Waals surface area contributed by atoms with E-state index in [9.17, 15) is 9.59 Å². The first-order chi connectivity index (χ1) is 13.5. The van der Waals surface area contributed by atoms with Crippen molar-refractivity contribution in [2.45, 2.75) is 32.6 Å². The van der Waals surface area contributed by atoms with Gasteiger partial charge in [0.25, 0.3) is 0 Å². The van der Waals surface area contributed by atoms with Crippen LogP contribution in [0.15, 0.2) is 46.9 Å². The molecule has 0 aliphatic heterocycles. The normalized spacial score (nSPS) is 10.8. The van der Waals surface area contributed by atoms with E-state index in [1.165, 1.54) is 4.70 Å². The monoisotopic (exact) mass is 459 g/mol. The molecular weight excluding hydrogens is 438 g/mol. The predicted octanol–water partition coefficient (Wildman–Crippen LogP) is 4.83. The van der Waals surface area contributed by atoms with Crippen molar-refractivity contribution in [1.29, 1.82) is 0 Å². The lowest BCUT2D eigenvalue weighted by Crippen LogP contribution is -2.32.